The van der Waals surface area contributed by atoms with Crippen LogP contribution in [0.25, 0.3) is 0 Å². The van der Waals surface area contributed by atoms with Crippen LogP contribution in [0.15, 0.2) is 0 Å². The maximum absolute atomic E-state index is 8.77. The molecule has 1 unspecified atom stereocenters. The summed E-state index contributed by atoms with van der Waals surface area (Å²) in [5, 5.41) is 7.97. The number of rotatable bonds is 3. The minimum absolute atomic E-state index is 0.436. The van der Waals surface area contributed by atoms with Crippen LogP contribution in [-0.2, 0) is 4.67 Å². The summed E-state index contributed by atoms with van der Waals surface area (Å²) < 4.78 is 4.32. The van der Waals surface area contributed by atoms with Gasteiger partial charge in [-0.1, -0.05) is 0 Å². The molecule has 0 aromatic heterocycles. The molecule has 0 radical (unpaired) electrons. The topological polar surface area (TPSA) is 49.7 Å². The first-order valence-corrected chi connectivity index (χ1v) is 3.94. The van der Waals surface area contributed by atoms with Gasteiger partial charge in [-0.15, -0.1) is 0 Å². The van der Waals surface area contributed by atoms with Crippen molar-refractivity contribution in [3.05, 3.63) is 0 Å². The van der Waals surface area contributed by atoms with E-state index in [9.17, 15) is 0 Å². The van der Waals surface area contributed by atoms with Gasteiger partial charge < -0.3 is 9.38 Å². The molecule has 0 heterocycles. The molecule has 0 rings (SSSR count). The van der Waals surface area contributed by atoms with E-state index in [0.29, 0.717) is 10.8 Å². The van der Waals surface area contributed by atoms with Gasteiger partial charge in [0, 0.05) is 0 Å². The molecule has 0 fully saturated rings. The van der Waals surface area contributed by atoms with E-state index >= 15 is 0 Å². The quantitative estimate of drug-likeness (QED) is 0.268. The highest BCUT2D eigenvalue weighted by molar-refractivity contribution is 7.45. The highest BCUT2D eigenvalue weighted by Crippen LogP contribution is 2.31. The fourth-order valence-corrected chi connectivity index (χ4v) is 1.17. The van der Waals surface area contributed by atoms with Gasteiger partial charge in [-0.3, -0.25) is 0 Å². The lowest BCUT2D eigenvalue weighted by atomic mass is 10.8. The zero-order valence-electron chi connectivity index (χ0n) is 5.90. The SMILES string of the molecule is C[N+](C)(C)CP(O)OO. The van der Waals surface area contributed by atoms with Crippen LogP contribution in [0.4, 0.5) is 0 Å². The monoisotopic (exact) mass is 154 g/mol. The predicted molar refractivity (Wildman–Crippen MR) is 35.8 cm³/mol. The lowest BCUT2D eigenvalue weighted by Crippen LogP contribution is -2.34. The minimum atomic E-state index is -1.64. The molecule has 1 atom stereocenters. The van der Waals surface area contributed by atoms with Gasteiger partial charge in [0.05, 0.1) is 21.1 Å². The number of hydrogen-bond acceptors (Lipinski definition) is 3. The molecule has 0 aliphatic carbocycles. The summed E-state index contributed by atoms with van der Waals surface area (Å²) in [7, 11) is 4.08. The largest absolute Gasteiger partial charge is 0.344 e. The van der Waals surface area contributed by atoms with Crippen molar-refractivity contribution in [2.24, 2.45) is 0 Å². The molecule has 0 saturated heterocycles. The van der Waals surface area contributed by atoms with Gasteiger partial charge >= 0.3 is 0 Å². The molecule has 2 N–H and O–H groups in total. The first kappa shape index (κ1) is 9.27. The van der Waals surface area contributed by atoms with Gasteiger partial charge in [0.15, 0.2) is 6.29 Å². The Kier molecular flexibility index (Phi) is 3.54. The van der Waals surface area contributed by atoms with Gasteiger partial charge in [-0.25, -0.2) is 5.26 Å². The summed E-state index contributed by atoms with van der Waals surface area (Å²) in [6, 6.07) is 0. The van der Waals surface area contributed by atoms with E-state index < -0.39 is 8.38 Å². The van der Waals surface area contributed by atoms with Crippen LogP contribution < -0.4 is 0 Å². The second-order valence-corrected chi connectivity index (χ2v) is 4.02. The molecule has 0 aliphatic rings. The summed E-state index contributed by atoms with van der Waals surface area (Å²) in [6.07, 6.45) is 0.436. The van der Waals surface area contributed by atoms with E-state index in [4.69, 9.17) is 10.2 Å². The molecule has 0 aromatic rings. The molecule has 0 saturated carbocycles. The smallest absolute Gasteiger partial charge is 0.263 e. The summed E-state index contributed by atoms with van der Waals surface area (Å²) in [4.78, 5) is 8.77. The Balaban J connectivity index is 3.47. The molecule has 0 aromatic carbocycles. The predicted octanol–water partition coefficient (Wildman–Crippen LogP) is 0.444. The molecule has 0 amide bonds. The van der Waals surface area contributed by atoms with Gasteiger partial charge in [0.25, 0.3) is 8.38 Å². The Morgan fingerprint density at radius 2 is 1.89 bits per heavy atom. The summed E-state index contributed by atoms with van der Waals surface area (Å²) in [5.41, 5.74) is 0. The highest BCUT2D eigenvalue weighted by Gasteiger charge is 2.16. The van der Waals surface area contributed by atoms with Crippen LogP contribution in [0.5, 0.6) is 0 Å². The first-order chi connectivity index (χ1) is 3.95. The average Bonchev–Trinajstić information content (AvgIpc) is 1.62. The van der Waals surface area contributed by atoms with Crippen LogP contribution in [-0.4, -0.2) is 42.1 Å². The van der Waals surface area contributed by atoms with Crippen molar-refractivity contribution in [3.63, 3.8) is 0 Å². The molecule has 56 valence electrons. The van der Waals surface area contributed by atoms with Gasteiger partial charge in [0.1, 0.15) is 0 Å². The third-order valence-electron chi connectivity index (χ3n) is 0.639. The van der Waals surface area contributed by atoms with Crippen molar-refractivity contribution in [1.82, 2.24) is 0 Å². The van der Waals surface area contributed by atoms with Crippen LogP contribution in [0.1, 0.15) is 0 Å². The third-order valence-corrected chi connectivity index (χ3v) is 1.92. The van der Waals surface area contributed by atoms with Crippen molar-refractivity contribution in [2.75, 3.05) is 27.4 Å². The van der Waals surface area contributed by atoms with Crippen LogP contribution in [0.2, 0.25) is 0 Å². The first-order valence-electron chi connectivity index (χ1n) is 2.54. The molecular weight excluding hydrogens is 141 g/mol. The van der Waals surface area contributed by atoms with E-state index in [1.165, 1.54) is 0 Å². The second kappa shape index (κ2) is 3.44. The lowest BCUT2D eigenvalue weighted by molar-refractivity contribution is -0.859. The summed E-state index contributed by atoms with van der Waals surface area (Å²) in [6.45, 7) is 0. The van der Waals surface area contributed by atoms with Gasteiger partial charge in [-0.2, -0.15) is 4.67 Å². The third kappa shape index (κ3) is 6.15. The van der Waals surface area contributed by atoms with E-state index in [0.717, 1.165) is 0 Å². The molecule has 0 aliphatic heterocycles. The Morgan fingerprint density at radius 3 is 2.00 bits per heavy atom. The molecule has 0 spiro atoms. The van der Waals surface area contributed by atoms with Gasteiger partial charge in [-0.05, 0) is 0 Å². The summed E-state index contributed by atoms with van der Waals surface area (Å²) in [5.74, 6) is 0. The summed E-state index contributed by atoms with van der Waals surface area (Å²) >= 11 is 0. The number of quaternary nitrogens is 1. The molecule has 9 heavy (non-hydrogen) atoms. The van der Waals surface area contributed by atoms with Crippen molar-refractivity contribution in [1.29, 1.82) is 0 Å². The zero-order chi connectivity index (χ0) is 7.49. The Morgan fingerprint density at radius 1 is 1.44 bits per heavy atom. The highest BCUT2D eigenvalue weighted by atomic mass is 31.2. The maximum Gasteiger partial charge on any atom is 0.263 e. The Hall–Kier alpha value is 0.270. The Bertz CT molecular complexity index is 82.4. The standard InChI is InChI=1S/C4H12NO3P/c1-5(2,3)4-9(7)8-6/h7H,4H2,1-3H3/p+1. The van der Waals surface area contributed by atoms with Crippen LogP contribution in [0.3, 0.4) is 0 Å². The molecular formula is C4H13NO3P+. The fraction of sp³-hybridized carbons (Fsp3) is 1.00. The molecule has 0 bridgehead atoms. The maximum atomic E-state index is 8.77. The van der Waals surface area contributed by atoms with Crippen LogP contribution >= 0.6 is 8.38 Å². The van der Waals surface area contributed by atoms with Gasteiger partial charge in [0.2, 0.25) is 0 Å². The molecule has 5 heteroatoms. The second-order valence-electron chi connectivity index (χ2n) is 2.87. The molecule has 4 nitrogen and oxygen atoms in total. The van der Waals surface area contributed by atoms with Crippen molar-refractivity contribution in [2.45, 2.75) is 0 Å². The number of hydrogen-bond donors (Lipinski definition) is 2. The van der Waals surface area contributed by atoms with Crippen molar-refractivity contribution in [3.8, 4) is 0 Å². The zero-order valence-corrected chi connectivity index (χ0v) is 6.80. The minimum Gasteiger partial charge on any atom is -0.344 e. The van der Waals surface area contributed by atoms with E-state index in [2.05, 4.69) is 4.67 Å². The van der Waals surface area contributed by atoms with E-state index in [1.54, 1.807) is 0 Å². The lowest BCUT2D eigenvalue weighted by Gasteiger charge is -2.24. The van der Waals surface area contributed by atoms with Crippen molar-refractivity contribution < 1.29 is 19.3 Å². The van der Waals surface area contributed by atoms with Crippen LogP contribution in [0, 0.1) is 0 Å². The normalized spacial score (nSPS) is 15.7. The van der Waals surface area contributed by atoms with E-state index in [-0.39, 0.29) is 0 Å². The van der Waals surface area contributed by atoms with E-state index in [1.807, 2.05) is 21.1 Å². The van der Waals surface area contributed by atoms with Crippen molar-refractivity contribution >= 4 is 8.38 Å². The Labute approximate surface area is 56.1 Å². The number of nitrogens with zero attached hydrogens (tertiary/aromatic N) is 1. The average molecular weight is 154 g/mol. The fourth-order valence-electron chi connectivity index (χ4n) is 0.389.